The van der Waals surface area contributed by atoms with E-state index in [0.29, 0.717) is 26.3 Å². The summed E-state index contributed by atoms with van der Waals surface area (Å²) < 4.78 is 5.43. The van der Waals surface area contributed by atoms with Crippen LogP contribution in [0.25, 0.3) is 0 Å². The molecule has 0 aliphatic carbocycles. The van der Waals surface area contributed by atoms with Crippen molar-refractivity contribution in [3.05, 3.63) is 29.8 Å². The Balaban J connectivity index is 1.55. The third kappa shape index (κ3) is 2.99. The Bertz CT molecular complexity index is 672. The fourth-order valence-electron chi connectivity index (χ4n) is 4.27. The van der Waals surface area contributed by atoms with Gasteiger partial charge in [-0.3, -0.25) is 9.59 Å². The molecule has 0 bridgehead atoms. The second kappa shape index (κ2) is 6.67. The minimum atomic E-state index is -0.373. The zero-order valence-corrected chi connectivity index (χ0v) is 14.5. The highest BCUT2D eigenvalue weighted by Gasteiger charge is 2.47. The van der Waals surface area contributed by atoms with E-state index in [-0.39, 0.29) is 17.2 Å². The lowest BCUT2D eigenvalue weighted by Crippen LogP contribution is -2.48. The van der Waals surface area contributed by atoms with Gasteiger partial charge in [0.25, 0.3) is 5.91 Å². The van der Waals surface area contributed by atoms with E-state index in [9.17, 15) is 9.59 Å². The maximum absolute atomic E-state index is 13.2. The summed E-state index contributed by atoms with van der Waals surface area (Å²) in [5, 5.41) is 2.98. The van der Waals surface area contributed by atoms with Crippen molar-refractivity contribution in [1.29, 1.82) is 0 Å². The first-order valence-corrected chi connectivity index (χ1v) is 9.19. The maximum Gasteiger partial charge on any atom is 0.255 e. The number of benzene rings is 1. The van der Waals surface area contributed by atoms with Crippen molar-refractivity contribution in [1.82, 2.24) is 10.2 Å². The molecule has 1 aromatic carbocycles. The number of amides is 2. The molecule has 4 rings (SSSR count). The van der Waals surface area contributed by atoms with E-state index >= 15 is 0 Å². The highest BCUT2D eigenvalue weighted by molar-refractivity contribution is 6.00. The van der Waals surface area contributed by atoms with Crippen LogP contribution in [-0.4, -0.2) is 62.7 Å². The number of morpholine rings is 1. The van der Waals surface area contributed by atoms with Crippen LogP contribution in [0.3, 0.4) is 0 Å². The SMILES string of the molecule is O=C(c1ccccc1N1CCOCC1)N1CCC2(CCCNC2=O)C1. The number of ether oxygens (including phenoxy) is 1. The van der Waals surface area contributed by atoms with Gasteiger partial charge in [-0.2, -0.15) is 0 Å². The Morgan fingerprint density at radius 2 is 1.92 bits per heavy atom. The highest BCUT2D eigenvalue weighted by Crippen LogP contribution is 2.38. The summed E-state index contributed by atoms with van der Waals surface area (Å²) in [6, 6.07) is 7.80. The smallest absolute Gasteiger partial charge is 0.255 e. The Hall–Kier alpha value is -2.08. The molecule has 0 aromatic heterocycles. The largest absolute Gasteiger partial charge is 0.378 e. The molecule has 25 heavy (non-hydrogen) atoms. The molecule has 1 spiro atoms. The van der Waals surface area contributed by atoms with Gasteiger partial charge in [0.2, 0.25) is 5.91 Å². The van der Waals surface area contributed by atoms with Crippen LogP contribution in [0.2, 0.25) is 0 Å². The number of carbonyl (C=O) groups excluding carboxylic acids is 2. The first kappa shape index (κ1) is 16.4. The van der Waals surface area contributed by atoms with Gasteiger partial charge < -0.3 is 19.9 Å². The number of hydrogen-bond acceptors (Lipinski definition) is 4. The van der Waals surface area contributed by atoms with Gasteiger partial charge in [0.05, 0.1) is 24.2 Å². The molecule has 1 atom stereocenters. The van der Waals surface area contributed by atoms with Crippen LogP contribution in [0.4, 0.5) is 5.69 Å². The molecular weight excluding hydrogens is 318 g/mol. The van der Waals surface area contributed by atoms with Gasteiger partial charge in [0.1, 0.15) is 0 Å². The molecule has 0 saturated carbocycles. The summed E-state index contributed by atoms with van der Waals surface area (Å²) in [4.78, 5) is 29.6. The number of rotatable bonds is 2. The first-order chi connectivity index (χ1) is 12.2. The van der Waals surface area contributed by atoms with Gasteiger partial charge in [-0.25, -0.2) is 0 Å². The maximum atomic E-state index is 13.2. The third-order valence-corrected chi connectivity index (χ3v) is 5.73. The summed E-state index contributed by atoms with van der Waals surface area (Å²) in [6.45, 7) is 4.94. The molecule has 1 aromatic rings. The van der Waals surface area contributed by atoms with E-state index < -0.39 is 0 Å². The van der Waals surface area contributed by atoms with Crippen molar-refractivity contribution in [3.63, 3.8) is 0 Å². The van der Waals surface area contributed by atoms with Crippen LogP contribution >= 0.6 is 0 Å². The molecule has 1 N–H and O–H groups in total. The minimum absolute atomic E-state index is 0.0392. The van der Waals surface area contributed by atoms with Crippen molar-refractivity contribution in [2.24, 2.45) is 5.41 Å². The number of hydrogen-bond donors (Lipinski definition) is 1. The van der Waals surface area contributed by atoms with Crippen LogP contribution < -0.4 is 10.2 Å². The molecule has 1 unspecified atom stereocenters. The van der Waals surface area contributed by atoms with E-state index in [1.165, 1.54) is 0 Å². The molecule has 3 aliphatic rings. The number of likely N-dealkylation sites (tertiary alicyclic amines) is 1. The lowest BCUT2D eigenvalue weighted by Gasteiger charge is -2.33. The molecule has 3 heterocycles. The molecule has 3 aliphatic heterocycles. The van der Waals surface area contributed by atoms with E-state index in [2.05, 4.69) is 10.2 Å². The molecular formula is C19H25N3O3. The highest BCUT2D eigenvalue weighted by atomic mass is 16.5. The fourth-order valence-corrected chi connectivity index (χ4v) is 4.27. The van der Waals surface area contributed by atoms with Gasteiger partial charge in [0, 0.05) is 38.4 Å². The van der Waals surface area contributed by atoms with Gasteiger partial charge in [-0.05, 0) is 31.4 Å². The first-order valence-electron chi connectivity index (χ1n) is 9.19. The fraction of sp³-hybridized carbons (Fsp3) is 0.579. The van der Waals surface area contributed by atoms with E-state index in [4.69, 9.17) is 4.74 Å². The van der Waals surface area contributed by atoms with E-state index in [1.54, 1.807) is 0 Å². The second-order valence-electron chi connectivity index (χ2n) is 7.23. The minimum Gasteiger partial charge on any atom is -0.378 e. The molecule has 3 saturated heterocycles. The normalized spacial score (nSPS) is 26.8. The Labute approximate surface area is 148 Å². The zero-order valence-electron chi connectivity index (χ0n) is 14.5. The van der Waals surface area contributed by atoms with Crippen molar-refractivity contribution >= 4 is 17.5 Å². The quantitative estimate of drug-likeness (QED) is 0.878. The van der Waals surface area contributed by atoms with Crippen LogP contribution in [0.1, 0.15) is 29.6 Å². The van der Waals surface area contributed by atoms with E-state index in [0.717, 1.165) is 50.1 Å². The Kier molecular flexibility index (Phi) is 4.37. The van der Waals surface area contributed by atoms with Gasteiger partial charge in [-0.15, -0.1) is 0 Å². The summed E-state index contributed by atoms with van der Waals surface area (Å²) in [6.07, 6.45) is 2.65. The van der Waals surface area contributed by atoms with Crippen LogP contribution in [-0.2, 0) is 9.53 Å². The summed E-state index contributed by atoms with van der Waals surface area (Å²) in [5.74, 6) is 0.160. The number of piperidine rings is 1. The molecule has 134 valence electrons. The summed E-state index contributed by atoms with van der Waals surface area (Å²) in [5.41, 5.74) is 1.34. The third-order valence-electron chi connectivity index (χ3n) is 5.73. The van der Waals surface area contributed by atoms with Crippen LogP contribution in [0.15, 0.2) is 24.3 Å². The average Bonchev–Trinajstić information content (AvgIpc) is 3.09. The summed E-state index contributed by atoms with van der Waals surface area (Å²) >= 11 is 0. The van der Waals surface area contributed by atoms with Crippen molar-refractivity contribution < 1.29 is 14.3 Å². The van der Waals surface area contributed by atoms with Gasteiger partial charge in [0.15, 0.2) is 0 Å². The Morgan fingerprint density at radius 3 is 2.72 bits per heavy atom. The molecule has 2 amide bonds. The number of nitrogens with zero attached hydrogens (tertiary/aromatic N) is 2. The lowest BCUT2D eigenvalue weighted by molar-refractivity contribution is -0.132. The summed E-state index contributed by atoms with van der Waals surface area (Å²) in [7, 11) is 0. The number of nitrogens with one attached hydrogen (secondary N) is 1. The predicted octanol–water partition coefficient (Wildman–Crippen LogP) is 1.27. The second-order valence-corrected chi connectivity index (χ2v) is 7.23. The molecule has 6 nitrogen and oxygen atoms in total. The Morgan fingerprint density at radius 1 is 1.12 bits per heavy atom. The molecule has 0 radical (unpaired) electrons. The van der Waals surface area contributed by atoms with Crippen LogP contribution in [0, 0.1) is 5.41 Å². The van der Waals surface area contributed by atoms with Gasteiger partial charge in [-0.1, -0.05) is 12.1 Å². The lowest BCUT2D eigenvalue weighted by atomic mass is 9.79. The van der Waals surface area contributed by atoms with Crippen LogP contribution in [0.5, 0.6) is 0 Å². The topological polar surface area (TPSA) is 61.9 Å². The molecule has 3 fully saturated rings. The van der Waals surface area contributed by atoms with Crippen molar-refractivity contribution in [3.8, 4) is 0 Å². The van der Waals surface area contributed by atoms with Crippen molar-refractivity contribution in [2.75, 3.05) is 50.8 Å². The monoisotopic (exact) mass is 343 g/mol. The average molecular weight is 343 g/mol. The number of carbonyl (C=O) groups is 2. The zero-order chi connectivity index (χ0) is 17.3. The van der Waals surface area contributed by atoms with Crippen molar-refractivity contribution in [2.45, 2.75) is 19.3 Å². The van der Waals surface area contributed by atoms with Gasteiger partial charge >= 0.3 is 0 Å². The number of para-hydroxylation sites is 1. The number of anilines is 1. The molecule has 6 heteroatoms. The predicted molar refractivity (Wildman–Crippen MR) is 94.7 cm³/mol. The standard InChI is InChI=1S/C19H25N3O3/c23-17(22-9-7-19(14-22)6-3-8-20-18(19)24)15-4-1-2-5-16(15)21-10-12-25-13-11-21/h1-2,4-5H,3,6-14H2,(H,20,24). The van der Waals surface area contributed by atoms with E-state index in [1.807, 2.05) is 29.2 Å².